The molecule has 3 heteroatoms. The van der Waals surface area contributed by atoms with Crippen LogP contribution in [0.15, 0.2) is 0 Å². The number of nitrogens with zero attached hydrogens (tertiary/aromatic N) is 1. The zero-order chi connectivity index (χ0) is 10.4. The maximum absolute atomic E-state index is 10.1. The van der Waals surface area contributed by atoms with Gasteiger partial charge in [-0.3, -0.25) is 5.92 Å². The third-order valence-electron chi connectivity index (χ3n) is 3.61. The van der Waals surface area contributed by atoms with Crippen molar-refractivity contribution in [3.8, 4) is 0 Å². The van der Waals surface area contributed by atoms with Crippen LogP contribution in [0.2, 0.25) is 0 Å². The number of rotatable bonds is 0. The molecule has 0 aromatic heterocycles. The van der Waals surface area contributed by atoms with Crippen LogP contribution >= 0.6 is 0 Å². The van der Waals surface area contributed by atoms with Crippen molar-refractivity contribution in [1.82, 2.24) is 5.06 Å². The monoisotopic (exact) mass is 273 g/mol. The summed E-state index contributed by atoms with van der Waals surface area (Å²) in [6, 6.07) is 0. The van der Waals surface area contributed by atoms with E-state index < -0.39 is 0 Å². The van der Waals surface area contributed by atoms with Gasteiger partial charge in [0.1, 0.15) is 0 Å². The van der Waals surface area contributed by atoms with Gasteiger partial charge in [0.25, 0.3) is 0 Å². The van der Waals surface area contributed by atoms with Crippen molar-refractivity contribution in [2.24, 2.45) is 5.92 Å². The summed E-state index contributed by atoms with van der Waals surface area (Å²) in [5.41, 5.74) is -0.302. The Kier molecular flexibility index (Phi) is 4.82. The maximum atomic E-state index is 10.1. The summed E-state index contributed by atoms with van der Waals surface area (Å²) in [6.07, 6.45) is 1.03. The normalized spacial score (nSPS) is 32.4. The zero-order valence-electron chi connectivity index (χ0n) is 10.3. The molecule has 1 fully saturated rings. The Balaban J connectivity index is 0.00000169. The van der Waals surface area contributed by atoms with Crippen molar-refractivity contribution in [3.05, 3.63) is 5.92 Å². The molecule has 81 valence electrons. The smallest absolute Gasteiger partial charge is 0.0359 e. The van der Waals surface area contributed by atoms with Crippen LogP contribution in [0.1, 0.15) is 48.0 Å². The standard InChI is InChI=1S/C11H22NO.Y/c1-8-7-10(3,4)12(13)11(5,6)9(8)2;/h8,13H,7H2,1-6H3;/q-1;. The van der Waals surface area contributed by atoms with Crippen LogP contribution < -0.4 is 0 Å². The van der Waals surface area contributed by atoms with Crippen molar-refractivity contribution in [2.75, 3.05) is 0 Å². The van der Waals surface area contributed by atoms with Gasteiger partial charge in [0, 0.05) is 38.2 Å². The predicted molar refractivity (Wildman–Crippen MR) is 54.5 cm³/mol. The van der Waals surface area contributed by atoms with E-state index in [1.165, 1.54) is 11.0 Å². The molecule has 0 aromatic carbocycles. The van der Waals surface area contributed by atoms with E-state index in [0.717, 1.165) is 6.42 Å². The number of hydrogen-bond acceptors (Lipinski definition) is 2. The first kappa shape index (κ1) is 15.0. The topological polar surface area (TPSA) is 23.5 Å². The molecule has 1 unspecified atom stereocenters. The molecule has 0 bridgehead atoms. The Morgan fingerprint density at radius 3 is 2.14 bits per heavy atom. The molecule has 0 amide bonds. The first-order valence-corrected chi connectivity index (χ1v) is 5.03. The van der Waals surface area contributed by atoms with Gasteiger partial charge in [-0.05, 0) is 13.8 Å². The second-order valence-corrected chi connectivity index (χ2v) is 5.47. The summed E-state index contributed by atoms with van der Waals surface area (Å²) in [5.74, 6) is 1.96. The molecule has 1 aliphatic heterocycles. The zero-order valence-corrected chi connectivity index (χ0v) is 13.1. The molecule has 1 heterocycles. The minimum Gasteiger partial charge on any atom is -0.316 e. The van der Waals surface area contributed by atoms with Gasteiger partial charge in [-0.2, -0.15) is 12.8 Å². The van der Waals surface area contributed by atoms with Gasteiger partial charge in [-0.1, -0.05) is 32.7 Å². The number of piperidine rings is 1. The summed E-state index contributed by atoms with van der Waals surface area (Å²) in [6.45, 7) is 12.7. The van der Waals surface area contributed by atoms with Crippen LogP contribution in [0.25, 0.3) is 0 Å². The van der Waals surface area contributed by atoms with E-state index in [1.54, 1.807) is 0 Å². The van der Waals surface area contributed by atoms with E-state index >= 15 is 0 Å². The van der Waals surface area contributed by atoms with Crippen LogP contribution in [-0.4, -0.2) is 21.3 Å². The molecule has 1 rings (SSSR count). The molecule has 0 saturated carbocycles. The third-order valence-corrected chi connectivity index (χ3v) is 3.61. The van der Waals surface area contributed by atoms with Gasteiger partial charge in [-0.25, -0.2) is 5.06 Å². The van der Waals surface area contributed by atoms with Gasteiger partial charge < -0.3 is 5.21 Å². The van der Waals surface area contributed by atoms with Gasteiger partial charge in [0.05, 0.1) is 0 Å². The number of hydroxylamine groups is 2. The van der Waals surface area contributed by atoms with E-state index in [2.05, 4.69) is 41.5 Å². The Hall–Kier alpha value is 1.02. The van der Waals surface area contributed by atoms with Crippen LogP contribution in [0.4, 0.5) is 0 Å². The summed E-state index contributed by atoms with van der Waals surface area (Å²) >= 11 is 0. The molecule has 1 N–H and O–H groups in total. The molecule has 2 nitrogen and oxygen atoms in total. The van der Waals surface area contributed by atoms with Crippen molar-refractivity contribution in [2.45, 2.75) is 59.0 Å². The number of hydrogen-bond donors (Lipinski definition) is 1. The van der Waals surface area contributed by atoms with Gasteiger partial charge in [0.2, 0.25) is 0 Å². The van der Waals surface area contributed by atoms with Crippen LogP contribution in [0.5, 0.6) is 0 Å². The first-order chi connectivity index (χ1) is 5.69. The second kappa shape index (κ2) is 4.49. The fourth-order valence-electron chi connectivity index (χ4n) is 2.52. The summed E-state index contributed by atoms with van der Waals surface area (Å²) in [5, 5.41) is 11.6. The molecule has 1 saturated heterocycles. The quantitative estimate of drug-likeness (QED) is 0.686. The molecule has 1 atom stereocenters. The van der Waals surface area contributed by atoms with Gasteiger partial charge in [-0.15, -0.1) is 0 Å². The summed E-state index contributed by atoms with van der Waals surface area (Å²) < 4.78 is 0. The van der Waals surface area contributed by atoms with E-state index in [4.69, 9.17) is 0 Å². The van der Waals surface area contributed by atoms with Gasteiger partial charge >= 0.3 is 0 Å². The summed E-state index contributed by atoms with van der Waals surface area (Å²) in [4.78, 5) is 0. The molecule has 1 aliphatic rings. The fraction of sp³-hybridized carbons (Fsp3) is 0.909. The van der Waals surface area contributed by atoms with E-state index in [9.17, 15) is 5.21 Å². The second-order valence-electron chi connectivity index (χ2n) is 5.47. The molecule has 1 radical (unpaired) electrons. The largest absolute Gasteiger partial charge is 0.316 e. The first-order valence-electron chi connectivity index (χ1n) is 5.03. The Bertz CT molecular complexity index is 203. The van der Waals surface area contributed by atoms with Crippen molar-refractivity contribution >= 4 is 0 Å². The van der Waals surface area contributed by atoms with Crippen molar-refractivity contribution < 1.29 is 37.9 Å². The van der Waals surface area contributed by atoms with Gasteiger partial charge in [0.15, 0.2) is 0 Å². The minimum atomic E-state index is -0.193. The average Bonchev–Trinajstić information content (AvgIpc) is 1.98. The van der Waals surface area contributed by atoms with Crippen LogP contribution in [0.3, 0.4) is 0 Å². The minimum absolute atomic E-state index is 0. The molecule has 0 aliphatic carbocycles. The predicted octanol–water partition coefficient (Wildman–Crippen LogP) is 2.87. The molecule has 14 heavy (non-hydrogen) atoms. The Morgan fingerprint density at radius 2 is 1.71 bits per heavy atom. The average molecular weight is 273 g/mol. The van der Waals surface area contributed by atoms with Crippen molar-refractivity contribution in [1.29, 1.82) is 0 Å². The maximum Gasteiger partial charge on any atom is 0.0359 e. The molecule has 0 spiro atoms. The Labute approximate surface area is 113 Å². The molecule has 0 aromatic rings. The molecular formula is C11H22NOY-. The summed E-state index contributed by atoms with van der Waals surface area (Å²) in [7, 11) is 0. The SMILES string of the molecule is C[C-]1C(C)CC(C)(C)N(O)C1(C)C.[Y]. The van der Waals surface area contributed by atoms with Crippen LogP contribution in [-0.2, 0) is 32.7 Å². The molecular weight excluding hydrogens is 251 g/mol. The van der Waals surface area contributed by atoms with Crippen LogP contribution in [0, 0.1) is 11.8 Å². The van der Waals surface area contributed by atoms with E-state index in [0.29, 0.717) is 5.92 Å². The van der Waals surface area contributed by atoms with E-state index in [-0.39, 0.29) is 43.8 Å². The fourth-order valence-corrected chi connectivity index (χ4v) is 2.52. The Morgan fingerprint density at radius 1 is 1.29 bits per heavy atom. The van der Waals surface area contributed by atoms with Crippen molar-refractivity contribution in [3.63, 3.8) is 0 Å². The third kappa shape index (κ3) is 2.40. The van der Waals surface area contributed by atoms with E-state index in [1.807, 2.05) is 0 Å².